The summed E-state index contributed by atoms with van der Waals surface area (Å²) in [5.41, 5.74) is 0.666. The standard InChI is InChI=1S/C18H28N2O3/c1-3-17(21)16-6-4-5-7-18(16)23-15-14-22-13-12-20-10-8-19(2)9-11-20/h4-7H,3,8-15H2,1-2H3/p+2. The number of para-hydroxylation sites is 1. The Morgan fingerprint density at radius 2 is 1.83 bits per heavy atom. The number of hydrogen-bond donors (Lipinski definition) is 2. The maximum absolute atomic E-state index is 11.9. The van der Waals surface area contributed by atoms with Crippen LogP contribution in [0.25, 0.3) is 0 Å². The molecule has 0 aliphatic carbocycles. The molecule has 128 valence electrons. The maximum Gasteiger partial charge on any atom is 0.166 e. The lowest BCUT2D eigenvalue weighted by Crippen LogP contribution is -3.27. The van der Waals surface area contributed by atoms with E-state index in [1.54, 1.807) is 9.80 Å². The van der Waals surface area contributed by atoms with Crippen molar-refractivity contribution in [3.05, 3.63) is 29.8 Å². The van der Waals surface area contributed by atoms with Gasteiger partial charge in [-0.1, -0.05) is 19.1 Å². The van der Waals surface area contributed by atoms with Crippen LogP contribution in [0.2, 0.25) is 0 Å². The Kier molecular flexibility index (Phi) is 7.52. The lowest BCUT2D eigenvalue weighted by Gasteiger charge is -2.27. The summed E-state index contributed by atoms with van der Waals surface area (Å²) in [6.07, 6.45) is 0.492. The summed E-state index contributed by atoms with van der Waals surface area (Å²) in [7, 11) is 2.26. The van der Waals surface area contributed by atoms with E-state index in [9.17, 15) is 4.79 Å². The number of benzene rings is 1. The van der Waals surface area contributed by atoms with Gasteiger partial charge < -0.3 is 19.3 Å². The summed E-state index contributed by atoms with van der Waals surface area (Å²) < 4.78 is 11.4. The first-order chi connectivity index (χ1) is 11.2. The molecule has 0 spiro atoms. The molecule has 0 atom stereocenters. The fourth-order valence-corrected chi connectivity index (χ4v) is 2.82. The lowest BCUT2D eigenvalue weighted by atomic mass is 10.1. The highest BCUT2D eigenvalue weighted by Crippen LogP contribution is 2.19. The number of carbonyl (C=O) groups excluding carboxylic acids is 1. The summed E-state index contributed by atoms with van der Waals surface area (Å²) in [4.78, 5) is 15.1. The van der Waals surface area contributed by atoms with Gasteiger partial charge in [-0.3, -0.25) is 4.79 Å². The fraction of sp³-hybridized carbons (Fsp3) is 0.611. The number of ketones is 1. The molecule has 0 saturated carbocycles. The Morgan fingerprint density at radius 3 is 2.57 bits per heavy atom. The van der Waals surface area contributed by atoms with Gasteiger partial charge >= 0.3 is 0 Å². The van der Waals surface area contributed by atoms with Gasteiger partial charge in [0.05, 0.1) is 25.8 Å². The summed E-state index contributed by atoms with van der Waals surface area (Å²) in [6.45, 7) is 9.72. The average molecular weight is 322 g/mol. The van der Waals surface area contributed by atoms with Crippen LogP contribution < -0.4 is 14.5 Å². The third-order valence-electron chi connectivity index (χ3n) is 4.40. The second kappa shape index (κ2) is 9.65. The summed E-state index contributed by atoms with van der Waals surface area (Å²) in [6, 6.07) is 7.43. The van der Waals surface area contributed by atoms with Gasteiger partial charge in [0.1, 0.15) is 45.1 Å². The molecule has 0 aromatic heterocycles. The van der Waals surface area contributed by atoms with E-state index in [1.165, 1.54) is 26.2 Å². The Hall–Kier alpha value is -1.43. The number of carbonyl (C=O) groups is 1. The quantitative estimate of drug-likeness (QED) is 0.457. The number of nitrogens with one attached hydrogen (secondary N) is 2. The van der Waals surface area contributed by atoms with E-state index in [1.807, 2.05) is 31.2 Å². The van der Waals surface area contributed by atoms with Crippen LogP contribution in [0.3, 0.4) is 0 Å². The van der Waals surface area contributed by atoms with Crippen molar-refractivity contribution in [2.45, 2.75) is 13.3 Å². The molecule has 0 amide bonds. The monoisotopic (exact) mass is 322 g/mol. The highest BCUT2D eigenvalue weighted by Gasteiger charge is 2.19. The molecule has 1 fully saturated rings. The molecule has 2 N–H and O–H groups in total. The van der Waals surface area contributed by atoms with Crippen molar-refractivity contribution in [2.75, 3.05) is 59.6 Å². The summed E-state index contributed by atoms with van der Waals surface area (Å²) in [5.74, 6) is 0.776. The van der Waals surface area contributed by atoms with Gasteiger partial charge in [0.25, 0.3) is 0 Å². The van der Waals surface area contributed by atoms with Gasteiger partial charge in [0.15, 0.2) is 5.78 Å². The van der Waals surface area contributed by atoms with Crippen LogP contribution in [0.15, 0.2) is 24.3 Å². The Labute approximate surface area is 139 Å². The molecular weight excluding hydrogens is 292 g/mol. The maximum atomic E-state index is 11.9. The highest BCUT2D eigenvalue weighted by atomic mass is 16.5. The molecule has 1 aliphatic rings. The summed E-state index contributed by atoms with van der Waals surface area (Å²) in [5, 5.41) is 0. The van der Waals surface area contributed by atoms with Crippen molar-refractivity contribution < 1.29 is 24.1 Å². The van der Waals surface area contributed by atoms with E-state index < -0.39 is 0 Å². The Morgan fingerprint density at radius 1 is 1.09 bits per heavy atom. The van der Waals surface area contributed by atoms with E-state index >= 15 is 0 Å². The first kappa shape index (κ1) is 17.9. The molecule has 1 saturated heterocycles. The molecule has 1 aliphatic heterocycles. The highest BCUT2D eigenvalue weighted by molar-refractivity contribution is 5.98. The van der Waals surface area contributed by atoms with Gasteiger partial charge in [-0.2, -0.15) is 0 Å². The number of ether oxygens (including phenoxy) is 2. The van der Waals surface area contributed by atoms with E-state index in [0.29, 0.717) is 30.9 Å². The van der Waals surface area contributed by atoms with Gasteiger partial charge in [-0.15, -0.1) is 0 Å². The zero-order valence-electron chi connectivity index (χ0n) is 14.4. The molecule has 0 bridgehead atoms. The largest absolute Gasteiger partial charge is 0.490 e. The number of Topliss-reactive ketones (excluding diaryl/α,β-unsaturated/α-hetero) is 1. The minimum atomic E-state index is 0.113. The predicted octanol–water partition coefficient (Wildman–Crippen LogP) is -0.912. The minimum Gasteiger partial charge on any atom is -0.490 e. The molecule has 1 aromatic rings. The second-order valence-corrected chi connectivity index (χ2v) is 6.19. The van der Waals surface area contributed by atoms with Crippen molar-refractivity contribution in [1.82, 2.24) is 0 Å². The van der Waals surface area contributed by atoms with E-state index in [0.717, 1.165) is 13.2 Å². The fourth-order valence-electron chi connectivity index (χ4n) is 2.82. The molecule has 23 heavy (non-hydrogen) atoms. The molecule has 0 unspecified atom stereocenters. The number of hydrogen-bond acceptors (Lipinski definition) is 3. The predicted molar refractivity (Wildman–Crippen MR) is 89.6 cm³/mol. The van der Waals surface area contributed by atoms with Crippen molar-refractivity contribution >= 4 is 5.78 Å². The van der Waals surface area contributed by atoms with Crippen molar-refractivity contribution in [3.8, 4) is 5.75 Å². The molecule has 5 heteroatoms. The molecule has 2 rings (SSSR count). The third-order valence-corrected chi connectivity index (χ3v) is 4.40. The van der Waals surface area contributed by atoms with Crippen molar-refractivity contribution in [3.63, 3.8) is 0 Å². The van der Waals surface area contributed by atoms with E-state index in [4.69, 9.17) is 9.47 Å². The number of rotatable bonds is 9. The molecule has 0 radical (unpaired) electrons. The van der Waals surface area contributed by atoms with Crippen molar-refractivity contribution in [2.24, 2.45) is 0 Å². The summed E-state index contributed by atoms with van der Waals surface area (Å²) >= 11 is 0. The van der Waals surface area contributed by atoms with Crippen LogP contribution in [0.1, 0.15) is 23.7 Å². The van der Waals surface area contributed by atoms with E-state index in [-0.39, 0.29) is 5.78 Å². The molecular formula is C18H30N2O3+2. The van der Waals surface area contributed by atoms with Crippen molar-refractivity contribution in [1.29, 1.82) is 0 Å². The van der Waals surface area contributed by atoms with Gasteiger partial charge in [-0.25, -0.2) is 0 Å². The first-order valence-corrected chi connectivity index (χ1v) is 8.68. The normalized spacial score (nSPS) is 21.1. The Balaban J connectivity index is 1.61. The zero-order valence-corrected chi connectivity index (χ0v) is 14.4. The van der Waals surface area contributed by atoms with Crippen LogP contribution in [0, 0.1) is 0 Å². The van der Waals surface area contributed by atoms with Crippen LogP contribution in [-0.2, 0) is 4.74 Å². The molecule has 5 nitrogen and oxygen atoms in total. The van der Waals surface area contributed by atoms with Crippen LogP contribution in [-0.4, -0.2) is 65.4 Å². The number of likely N-dealkylation sites (N-methyl/N-ethyl adjacent to an activating group) is 1. The Bertz CT molecular complexity index is 485. The van der Waals surface area contributed by atoms with E-state index in [2.05, 4.69) is 7.05 Å². The number of quaternary nitrogens is 2. The molecule has 1 heterocycles. The third kappa shape index (κ3) is 5.94. The van der Waals surface area contributed by atoms with Crippen LogP contribution in [0.4, 0.5) is 0 Å². The topological polar surface area (TPSA) is 44.4 Å². The second-order valence-electron chi connectivity index (χ2n) is 6.19. The van der Waals surface area contributed by atoms with Crippen LogP contribution in [0.5, 0.6) is 5.75 Å². The van der Waals surface area contributed by atoms with Gasteiger partial charge in [0.2, 0.25) is 0 Å². The number of piperazine rings is 1. The van der Waals surface area contributed by atoms with Gasteiger partial charge in [-0.05, 0) is 12.1 Å². The average Bonchev–Trinajstić information content (AvgIpc) is 2.59. The molecule has 1 aromatic carbocycles. The zero-order chi connectivity index (χ0) is 16.5. The lowest BCUT2D eigenvalue weighted by molar-refractivity contribution is -1.00. The first-order valence-electron chi connectivity index (χ1n) is 8.68. The minimum absolute atomic E-state index is 0.113. The van der Waals surface area contributed by atoms with Gasteiger partial charge in [0, 0.05) is 6.42 Å². The smallest absolute Gasteiger partial charge is 0.166 e. The SMILES string of the molecule is CCC(=O)c1ccccc1OCCOCC[NH+]1CC[NH+](C)CC1. The van der Waals surface area contributed by atoms with Crippen LogP contribution >= 0.6 is 0 Å².